The summed E-state index contributed by atoms with van der Waals surface area (Å²) in [5.74, 6) is -2.29. The third-order valence-corrected chi connectivity index (χ3v) is 6.47. The first-order valence-corrected chi connectivity index (χ1v) is 12.3. The molecule has 198 valence electrons. The van der Waals surface area contributed by atoms with Crippen LogP contribution < -0.4 is 9.47 Å². The number of carbonyl (C=O) groups excluding carboxylic acids is 1. The number of phenols is 2. The van der Waals surface area contributed by atoms with Crippen molar-refractivity contribution in [3.8, 4) is 23.0 Å². The molecule has 0 bridgehead atoms. The molecule has 0 unspecified atom stereocenters. The molecule has 38 heavy (non-hydrogen) atoms. The van der Waals surface area contributed by atoms with Crippen molar-refractivity contribution in [1.29, 1.82) is 0 Å². The van der Waals surface area contributed by atoms with Crippen LogP contribution in [0.25, 0.3) is 0 Å². The van der Waals surface area contributed by atoms with E-state index < -0.39 is 17.7 Å². The maximum Gasteiger partial charge on any atom is 0.335 e. The molecule has 4 N–H and O–H groups in total. The van der Waals surface area contributed by atoms with Crippen molar-refractivity contribution >= 4 is 17.7 Å². The summed E-state index contributed by atoms with van der Waals surface area (Å²) in [5, 5.41) is 38.9. The predicted octanol–water partition coefficient (Wildman–Crippen LogP) is 4.94. The van der Waals surface area contributed by atoms with Gasteiger partial charge in [0.1, 0.15) is 29.6 Å². The number of hydrogen-bond acceptors (Lipinski definition) is 7. The zero-order valence-electron chi connectivity index (χ0n) is 20.6. The Bertz CT molecular complexity index is 1360. The van der Waals surface area contributed by atoms with Crippen molar-refractivity contribution in [2.24, 2.45) is 0 Å². The number of aromatic hydroxyl groups is 2. The molecule has 0 aliphatic heterocycles. The van der Waals surface area contributed by atoms with Crippen LogP contribution in [0.1, 0.15) is 69.5 Å². The first-order valence-electron chi connectivity index (χ1n) is 12.3. The number of rotatable bonds is 11. The van der Waals surface area contributed by atoms with Gasteiger partial charge in [-0.3, -0.25) is 9.59 Å². The normalized spacial score (nSPS) is 13.3. The molecule has 1 aliphatic carbocycles. The summed E-state index contributed by atoms with van der Waals surface area (Å²) in [6.07, 6.45) is 4.12. The van der Waals surface area contributed by atoms with Crippen molar-refractivity contribution in [3.05, 3.63) is 82.4 Å². The van der Waals surface area contributed by atoms with Gasteiger partial charge < -0.3 is 29.9 Å². The predicted molar refractivity (Wildman–Crippen MR) is 136 cm³/mol. The molecular weight excluding hydrogens is 492 g/mol. The average molecular weight is 521 g/mol. The van der Waals surface area contributed by atoms with E-state index >= 15 is 0 Å². The van der Waals surface area contributed by atoms with Gasteiger partial charge in [-0.25, -0.2) is 4.79 Å². The second-order valence-corrected chi connectivity index (χ2v) is 9.19. The van der Waals surface area contributed by atoms with Crippen LogP contribution in [0, 0.1) is 0 Å². The van der Waals surface area contributed by atoms with E-state index in [4.69, 9.17) is 19.7 Å². The fourth-order valence-electron chi connectivity index (χ4n) is 4.40. The third kappa shape index (κ3) is 6.42. The minimum atomic E-state index is -1.18. The number of ketones is 1. The Morgan fingerprint density at radius 2 is 1.55 bits per heavy atom. The van der Waals surface area contributed by atoms with Crippen molar-refractivity contribution in [2.75, 3.05) is 0 Å². The first kappa shape index (κ1) is 26.5. The fourth-order valence-corrected chi connectivity index (χ4v) is 4.40. The van der Waals surface area contributed by atoms with Crippen LogP contribution in [0.3, 0.4) is 0 Å². The summed E-state index contributed by atoms with van der Waals surface area (Å²) < 4.78 is 11.7. The lowest BCUT2D eigenvalue weighted by Gasteiger charge is -2.15. The van der Waals surface area contributed by atoms with Gasteiger partial charge in [0.2, 0.25) is 0 Å². The Kier molecular flexibility index (Phi) is 8.15. The van der Waals surface area contributed by atoms with Crippen molar-refractivity contribution in [3.63, 3.8) is 0 Å². The molecule has 3 aromatic rings. The van der Waals surface area contributed by atoms with Crippen LogP contribution in [0.5, 0.6) is 23.0 Å². The standard InChI is InChI=1S/C29H28O9/c30-24-14-19(29(35)36)5-6-20(24)16-37-26-11-7-18(13-17(26)8-12-27(32)33)28(34)23-10-9-22(15-25(23)31)38-21-3-1-2-4-21/h5-7,9-11,13-15,21,30-31H,1-4,8,12,16H2,(H,32,33)(H,35,36). The molecule has 3 aromatic carbocycles. The van der Waals surface area contributed by atoms with E-state index in [2.05, 4.69) is 0 Å². The molecule has 1 fully saturated rings. The number of carboxylic acids is 2. The molecule has 0 amide bonds. The van der Waals surface area contributed by atoms with Crippen LogP contribution in [0.2, 0.25) is 0 Å². The zero-order valence-corrected chi connectivity index (χ0v) is 20.6. The fraction of sp³-hybridized carbons (Fsp3) is 0.276. The molecule has 1 saturated carbocycles. The summed E-state index contributed by atoms with van der Waals surface area (Å²) in [7, 11) is 0. The quantitative estimate of drug-likeness (QED) is 0.258. The molecule has 9 heteroatoms. The number of phenolic OH excluding ortho intramolecular Hbond substituents is 2. The van der Waals surface area contributed by atoms with Gasteiger partial charge in [0.05, 0.1) is 17.2 Å². The topological polar surface area (TPSA) is 151 Å². The van der Waals surface area contributed by atoms with Crippen molar-refractivity contribution < 1.29 is 44.3 Å². The number of benzene rings is 3. The SMILES string of the molecule is O=C(O)CCc1cc(C(=O)c2ccc(OC3CCCC3)cc2O)ccc1OCc1ccc(C(=O)O)cc1O. The summed E-state index contributed by atoms with van der Waals surface area (Å²) in [6.45, 7) is -0.109. The Morgan fingerprint density at radius 1 is 0.816 bits per heavy atom. The number of ether oxygens (including phenoxy) is 2. The molecule has 1 aliphatic rings. The molecule has 9 nitrogen and oxygen atoms in total. The third-order valence-electron chi connectivity index (χ3n) is 6.47. The summed E-state index contributed by atoms with van der Waals surface area (Å²) in [6, 6.07) is 13.0. The highest BCUT2D eigenvalue weighted by Crippen LogP contribution is 2.31. The summed E-state index contributed by atoms with van der Waals surface area (Å²) in [4.78, 5) is 35.5. The average Bonchev–Trinajstić information content (AvgIpc) is 3.39. The van der Waals surface area contributed by atoms with E-state index in [1.807, 2.05) is 0 Å². The summed E-state index contributed by atoms with van der Waals surface area (Å²) in [5.41, 5.74) is 1.05. The minimum Gasteiger partial charge on any atom is -0.508 e. The second kappa shape index (κ2) is 11.7. The lowest BCUT2D eigenvalue weighted by Crippen LogP contribution is -2.11. The van der Waals surface area contributed by atoms with E-state index in [1.165, 1.54) is 42.5 Å². The van der Waals surface area contributed by atoms with Gasteiger partial charge in [-0.05, 0) is 80.1 Å². The van der Waals surface area contributed by atoms with Gasteiger partial charge >= 0.3 is 11.9 Å². The molecular formula is C29H28O9. The van der Waals surface area contributed by atoms with E-state index in [-0.39, 0.29) is 53.7 Å². The zero-order chi connectivity index (χ0) is 27.2. The van der Waals surface area contributed by atoms with Crippen LogP contribution in [-0.2, 0) is 17.8 Å². The smallest absolute Gasteiger partial charge is 0.335 e. The van der Waals surface area contributed by atoms with E-state index in [1.54, 1.807) is 6.07 Å². The molecule has 0 heterocycles. The van der Waals surface area contributed by atoms with Crippen LogP contribution in [0.4, 0.5) is 0 Å². The number of aromatic carboxylic acids is 1. The first-order chi connectivity index (χ1) is 18.2. The van der Waals surface area contributed by atoms with Crippen LogP contribution >= 0.6 is 0 Å². The number of hydrogen-bond donors (Lipinski definition) is 4. The van der Waals surface area contributed by atoms with Crippen molar-refractivity contribution in [2.45, 2.75) is 51.2 Å². The highest BCUT2D eigenvalue weighted by Gasteiger charge is 2.20. The number of aryl methyl sites for hydroxylation is 1. The molecule has 0 spiro atoms. The molecule has 4 rings (SSSR count). The second-order valence-electron chi connectivity index (χ2n) is 9.19. The van der Waals surface area contributed by atoms with E-state index in [9.17, 15) is 24.6 Å². The number of carbonyl (C=O) groups is 3. The highest BCUT2D eigenvalue weighted by atomic mass is 16.5. The van der Waals surface area contributed by atoms with Gasteiger partial charge in [-0.1, -0.05) is 6.07 Å². The van der Waals surface area contributed by atoms with Crippen LogP contribution in [-0.4, -0.2) is 44.3 Å². The van der Waals surface area contributed by atoms with Crippen molar-refractivity contribution in [1.82, 2.24) is 0 Å². The monoisotopic (exact) mass is 520 g/mol. The van der Waals surface area contributed by atoms with Crippen LogP contribution in [0.15, 0.2) is 54.6 Å². The lowest BCUT2D eigenvalue weighted by molar-refractivity contribution is -0.136. The number of aliphatic carboxylic acids is 1. The Labute approximate surface area is 218 Å². The largest absolute Gasteiger partial charge is 0.508 e. The Hall–Kier alpha value is -4.53. The minimum absolute atomic E-state index is 0.0716. The van der Waals surface area contributed by atoms with E-state index in [0.29, 0.717) is 22.6 Å². The summed E-state index contributed by atoms with van der Waals surface area (Å²) >= 11 is 0. The van der Waals surface area contributed by atoms with Gasteiger partial charge in [0.15, 0.2) is 5.78 Å². The molecule has 0 atom stereocenters. The number of carboxylic acid groups (broad SMARTS) is 2. The molecule has 0 saturated heterocycles. The van der Waals surface area contributed by atoms with Gasteiger partial charge in [0.25, 0.3) is 0 Å². The molecule has 0 radical (unpaired) electrons. The van der Waals surface area contributed by atoms with Gasteiger partial charge in [0, 0.05) is 23.6 Å². The Balaban J connectivity index is 1.53. The van der Waals surface area contributed by atoms with E-state index in [0.717, 1.165) is 31.7 Å². The maximum absolute atomic E-state index is 13.2. The maximum atomic E-state index is 13.2. The van der Waals surface area contributed by atoms with Gasteiger partial charge in [-0.2, -0.15) is 0 Å². The highest BCUT2D eigenvalue weighted by molar-refractivity contribution is 6.11. The lowest BCUT2D eigenvalue weighted by atomic mass is 9.98. The van der Waals surface area contributed by atoms with Gasteiger partial charge in [-0.15, -0.1) is 0 Å². The Morgan fingerprint density at radius 3 is 2.21 bits per heavy atom. The molecule has 0 aromatic heterocycles.